The Morgan fingerprint density at radius 1 is 1.07 bits per heavy atom. The van der Waals surface area contributed by atoms with E-state index < -0.39 is 11.0 Å². The highest BCUT2D eigenvalue weighted by molar-refractivity contribution is 5.85. The van der Waals surface area contributed by atoms with Crippen LogP contribution < -0.4 is 14.4 Å². The third-order valence-corrected chi connectivity index (χ3v) is 4.77. The summed E-state index contributed by atoms with van der Waals surface area (Å²) in [7, 11) is 1.65. The SMILES string of the molecule is COc1ccc(N2CCN(CC(O)COc3ccccc3[N+](=O)[O-])CC2)cc1.Cl.Cl. The van der Waals surface area contributed by atoms with Gasteiger partial charge in [0.15, 0.2) is 5.75 Å². The second kappa shape index (κ2) is 12.4. The number of rotatable bonds is 8. The Kier molecular flexibility index (Phi) is 10.7. The number of nitro groups is 1. The van der Waals surface area contributed by atoms with E-state index in [1.54, 1.807) is 25.3 Å². The maximum Gasteiger partial charge on any atom is 0.310 e. The molecule has 1 saturated heterocycles. The Balaban J connectivity index is 0.00000225. The van der Waals surface area contributed by atoms with Crippen molar-refractivity contribution in [2.75, 3.05) is 51.3 Å². The van der Waals surface area contributed by atoms with Gasteiger partial charge in [-0.2, -0.15) is 0 Å². The summed E-state index contributed by atoms with van der Waals surface area (Å²) in [5.74, 6) is 1.01. The average Bonchev–Trinajstić information content (AvgIpc) is 2.73. The van der Waals surface area contributed by atoms with Crippen molar-refractivity contribution in [1.29, 1.82) is 0 Å². The van der Waals surface area contributed by atoms with Crippen LogP contribution in [0.25, 0.3) is 0 Å². The normalized spacial score (nSPS) is 14.8. The van der Waals surface area contributed by atoms with E-state index in [1.165, 1.54) is 6.07 Å². The first-order chi connectivity index (χ1) is 13.6. The maximum absolute atomic E-state index is 11.0. The number of β-amino-alcohol motifs (C(OH)–C–C–N with tert-alkyl or cyclic N) is 1. The molecule has 0 bridgehead atoms. The first kappa shape index (κ1) is 25.8. The van der Waals surface area contributed by atoms with Crippen molar-refractivity contribution in [3.05, 3.63) is 58.6 Å². The number of nitro benzene ring substituents is 1. The molecule has 8 nitrogen and oxygen atoms in total. The van der Waals surface area contributed by atoms with Crippen LogP contribution in [0.4, 0.5) is 11.4 Å². The summed E-state index contributed by atoms with van der Waals surface area (Å²) < 4.78 is 10.7. The quantitative estimate of drug-likeness (QED) is 0.479. The fourth-order valence-electron chi connectivity index (χ4n) is 3.25. The lowest BCUT2D eigenvalue weighted by Crippen LogP contribution is -2.49. The molecule has 0 aromatic heterocycles. The van der Waals surface area contributed by atoms with Crippen LogP contribution in [0.2, 0.25) is 0 Å². The summed E-state index contributed by atoms with van der Waals surface area (Å²) in [5, 5.41) is 21.3. The van der Waals surface area contributed by atoms with Gasteiger partial charge in [0.25, 0.3) is 0 Å². The van der Waals surface area contributed by atoms with Crippen molar-refractivity contribution in [2.24, 2.45) is 0 Å². The van der Waals surface area contributed by atoms with Crippen LogP contribution in [0.5, 0.6) is 11.5 Å². The van der Waals surface area contributed by atoms with Gasteiger partial charge < -0.3 is 19.5 Å². The number of benzene rings is 2. The van der Waals surface area contributed by atoms with Gasteiger partial charge in [0.1, 0.15) is 18.5 Å². The Morgan fingerprint density at radius 3 is 2.30 bits per heavy atom. The van der Waals surface area contributed by atoms with E-state index in [9.17, 15) is 15.2 Å². The van der Waals surface area contributed by atoms with Gasteiger partial charge in [0.2, 0.25) is 0 Å². The lowest BCUT2D eigenvalue weighted by molar-refractivity contribution is -0.385. The number of nitrogens with zero attached hydrogens (tertiary/aromatic N) is 3. The lowest BCUT2D eigenvalue weighted by atomic mass is 10.2. The van der Waals surface area contributed by atoms with Crippen molar-refractivity contribution in [3.8, 4) is 11.5 Å². The molecule has 3 rings (SSSR count). The van der Waals surface area contributed by atoms with Gasteiger partial charge in [0.05, 0.1) is 12.0 Å². The van der Waals surface area contributed by atoms with Crippen LogP contribution in [0.3, 0.4) is 0 Å². The number of aliphatic hydroxyl groups excluding tert-OH is 1. The van der Waals surface area contributed by atoms with Crippen molar-refractivity contribution in [3.63, 3.8) is 0 Å². The van der Waals surface area contributed by atoms with Crippen LogP contribution in [-0.4, -0.2) is 67.5 Å². The molecule has 1 fully saturated rings. The highest BCUT2D eigenvalue weighted by Crippen LogP contribution is 2.26. The summed E-state index contributed by atoms with van der Waals surface area (Å²) in [5.41, 5.74) is 1.06. The zero-order valence-electron chi connectivity index (χ0n) is 16.7. The smallest absolute Gasteiger partial charge is 0.310 e. The number of aliphatic hydroxyl groups is 1. The van der Waals surface area contributed by atoms with E-state index in [0.29, 0.717) is 6.54 Å². The zero-order chi connectivity index (χ0) is 19.9. The molecular weight excluding hydrogens is 433 g/mol. The molecule has 10 heteroatoms. The monoisotopic (exact) mass is 459 g/mol. The van der Waals surface area contributed by atoms with E-state index in [-0.39, 0.29) is 42.9 Å². The van der Waals surface area contributed by atoms with Gasteiger partial charge >= 0.3 is 5.69 Å². The average molecular weight is 460 g/mol. The standard InChI is InChI=1S/C20H25N3O5.2ClH/c1-27-18-8-6-16(7-9-18)22-12-10-21(11-13-22)14-17(24)15-28-20-5-3-2-4-19(20)23(25)26;;/h2-9,17,24H,10-15H2,1H3;2*1H. The molecule has 0 spiro atoms. The van der Waals surface area contributed by atoms with Crippen LogP contribution in [0, 0.1) is 10.1 Å². The molecule has 0 aliphatic carbocycles. The van der Waals surface area contributed by atoms with E-state index in [1.807, 2.05) is 24.3 Å². The topological polar surface area (TPSA) is 88.3 Å². The minimum atomic E-state index is -0.715. The Hall–Kier alpha value is -2.26. The van der Waals surface area contributed by atoms with E-state index >= 15 is 0 Å². The van der Waals surface area contributed by atoms with Gasteiger partial charge in [-0.3, -0.25) is 15.0 Å². The van der Waals surface area contributed by atoms with Crippen molar-refractivity contribution < 1.29 is 19.5 Å². The number of hydrogen-bond donors (Lipinski definition) is 1. The highest BCUT2D eigenvalue weighted by atomic mass is 35.5. The summed E-state index contributed by atoms with van der Waals surface area (Å²) in [6.07, 6.45) is -0.715. The second-order valence-electron chi connectivity index (χ2n) is 6.68. The molecule has 0 amide bonds. The third-order valence-electron chi connectivity index (χ3n) is 4.77. The largest absolute Gasteiger partial charge is 0.497 e. The maximum atomic E-state index is 11.0. The number of hydrogen-bond acceptors (Lipinski definition) is 7. The molecule has 1 atom stereocenters. The molecule has 1 aliphatic rings. The first-order valence-corrected chi connectivity index (χ1v) is 9.22. The molecule has 2 aromatic rings. The van der Waals surface area contributed by atoms with Crippen LogP contribution in [0.15, 0.2) is 48.5 Å². The number of anilines is 1. The fraction of sp³-hybridized carbons (Fsp3) is 0.400. The van der Waals surface area contributed by atoms with Crippen molar-refractivity contribution in [1.82, 2.24) is 4.90 Å². The number of halogens is 2. The van der Waals surface area contributed by atoms with Crippen LogP contribution in [0.1, 0.15) is 0 Å². The van der Waals surface area contributed by atoms with Crippen LogP contribution >= 0.6 is 24.8 Å². The molecule has 0 saturated carbocycles. The molecule has 1 unspecified atom stereocenters. The molecule has 30 heavy (non-hydrogen) atoms. The lowest BCUT2D eigenvalue weighted by Gasteiger charge is -2.36. The predicted molar refractivity (Wildman–Crippen MR) is 121 cm³/mol. The summed E-state index contributed by atoms with van der Waals surface area (Å²) in [6.45, 7) is 3.87. The Labute approximate surface area is 188 Å². The van der Waals surface area contributed by atoms with Crippen molar-refractivity contribution >= 4 is 36.2 Å². The molecular formula is C20H27Cl2N3O5. The molecule has 166 valence electrons. The number of para-hydroxylation sites is 2. The van der Waals surface area contributed by atoms with E-state index in [0.717, 1.165) is 37.6 Å². The van der Waals surface area contributed by atoms with E-state index in [2.05, 4.69) is 9.80 Å². The molecule has 0 radical (unpaired) electrons. The Bertz CT molecular complexity index is 786. The minimum Gasteiger partial charge on any atom is -0.497 e. The molecule has 1 N–H and O–H groups in total. The van der Waals surface area contributed by atoms with Gasteiger partial charge in [0, 0.05) is 44.5 Å². The Morgan fingerprint density at radius 2 is 1.70 bits per heavy atom. The predicted octanol–water partition coefficient (Wildman–Crippen LogP) is 3.01. The van der Waals surface area contributed by atoms with Gasteiger partial charge in [-0.1, -0.05) is 12.1 Å². The molecule has 1 heterocycles. The number of ether oxygens (including phenoxy) is 2. The second-order valence-corrected chi connectivity index (χ2v) is 6.68. The van der Waals surface area contributed by atoms with Gasteiger partial charge in [-0.05, 0) is 30.3 Å². The summed E-state index contributed by atoms with van der Waals surface area (Å²) in [4.78, 5) is 15.0. The summed E-state index contributed by atoms with van der Waals surface area (Å²) in [6, 6.07) is 14.2. The summed E-state index contributed by atoms with van der Waals surface area (Å²) >= 11 is 0. The molecule has 1 aliphatic heterocycles. The number of methoxy groups -OCH3 is 1. The van der Waals surface area contributed by atoms with E-state index in [4.69, 9.17) is 9.47 Å². The van der Waals surface area contributed by atoms with Gasteiger partial charge in [-0.15, -0.1) is 24.8 Å². The minimum absolute atomic E-state index is 0. The van der Waals surface area contributed by atoms with Crippen LogP contribution in [-0.2, 0) is 0 Å². The molecule has 2 aromatic carbocycles. The van der Waals surface area contributed by atoms with Crippen molar-refractivity contribution in [2.45, 2.75) is 6.10 Å². The third kappa shape index (κ3) is 6.91. The van der Waals surface area contributed by atoms with Gasteiger partial charge in [-0.25, -0.2) is 0 Å². The first-order valence-electron chi connectivity index (χ1n) is 9.22. The number of piperazine rings is 1. The zero-order valence-corrected chi connectivity index (χ0v) is 18.3. The fourth-order valence-corrected chi connectivity index (χ4v) is 3.25. The highest BCUT2D eigenvalue weighted by Gasteiger charge is 2.21.